The number of benzene rings is 2. The Labute approximate surface area is 377 Å². The minimum absolute atomic E-state index is 0.0379. The molecule has 1 spiro atoms. The molecule has 1 aromatic heterocycles. The Hall–Kier alpha value is -4.78. The number of methoxy groups -OCH3 is 3. The lowest BCUT2D eigenvalue weighted by Crippen LogP contribution is -2.81. The molecule has 3 fully saturated rings. The second-order valence-electron chi connectivity index (χ2n) is 19.4. The van der Waals surface area contributed by atoms with Gasteiger partial charge in [-0.2, -0.15) is 0 Å². The Balaban J connectivity index is 1.36. The molecule has 2 saturated heterocycles. The van der Waals surface area contributed by atoms with E-state index < -0.39 is 85.7 Å². The number of halogens is 2. The summed E-state index contributed by atoms with van der Waals surface area (Å²) in [7, 11) is 2.10. The fourth-order valence-corrected chi connectivity index (χ4v) is 14.3. The Morgan fingerprint density at radius 1 is 1.03 bits per heavy atom. The molecule has 15 nitrogen and oxygen atoms in total. The largest absolute Gasteiger partial charge is 0.496 e. The number of likely N-dealkylation sites (N-methyl/N-ethyl adjacent to an activating group) is 1. The predicted molar refractivity (Wildman–Crippen MR) is 238 cm³/mol. The number of carbonyl (C=O) groups is 3. The average molecular weight is 924 g/mol. The lowest BCUT2D eigenvalue weighted by Gasteiger charge is -2.63. The minimum Gasteiger partial charge on any atom is -0.496 e. The van der Waals surface area contributed by atoms with E-state index in [0.29, 0.717) is 84.5 Å². The number of sulfonamides is 1. The third-order valence-electron chi connectivity index (χ3n) is 16.0. The number of H-pyrrole nitrogens is 1. The van der Waals surface area contributed by atoms with E-state index in [-0.39, 0.29) is 25.1 Å². The van der Waals surface area contributed by atoms with Gasteiger partial charge in [0.1, 0.15) is 11.2 Å². The molecular weight excluding hydrogens is 865 g/mol. The molecule has 3 aromatic rings. The van der Waals surface area contributed by atoms with Gasteiger partial charge in [0.2, 0.25) is 21.5 Å². The summed E-state index contributed by atoms with van der Waals surface area (Å²) in [6.07, 6.45) is 5.01. The summed E-state index contributed by atoms with van der Waals surface area (Å²) < 4.78 is 82.2. The first-order chi connectivity index (χ1) is 30.6. The molecule has 6 heterocycles. The number of aromatic amines is 1. The van der Waals surface area contributed by atoms with Gasteiger partial charge >= 0.3 is 17.9 Å². The van der Waals surface area contributed by atoms with Crippen LogP contribution in [0.5, 0.6) is 5.75 Å². The van der Waals surface area contributed by atoms with Crippen molar-refractivity contribution in [1.82, 2.24) is 14.8 Å². The molecule has 65 heavy (non-hydrogen) atoms. The molecule has 0 amide bonds. The van der Waals surface area contributed by atoms with Crippen LogP contribution in [0.3, 0.4) is 0 Å². The maximum Gasteiger partial charge on any atom is 0.344 e. The molecule has 18 heteroatoms. The standard InChI is InChI=1S/C47H59F2N5O10S/c1-9-44-14-10-16-54-18-15-45(38(44)54)32-21-33(36(61-5)22-35(32)52(4)39(45)47(58,42(57)63-7)40(44)64-26(2)55)46(41(56)62-6)23-27-19-28(43(3,48)49)25-53(24-27)17-13-30-31-20-29(51-65(8,59)60)11-12-34(31)50-37(30)46/h10-12,14,20-22,27-28,38-40,50-51,58H,9,13,15-19,23-25H2,1-8H3/t27-,28?,38+,39-,40-,44-,45-,46+,47+/m1/s1. The molecular formula is C47H59F2N5O10S. The van der Waals surface area contributed by atoms with Crippen LogP contribution in [0.15, 0.2) is 42.5 Å². The number of ether oxygens (including phenoxy) is 4. The third-order valence-corrected chi connectivity index (χ3v) is 16.6. The number of aliphatic hydroxyl groups is 1. The van der Waals surface area contributed by atoms with Crippen LogP contribution < -0.4 is 14.4 Å². The van der Waals surface area contributed by atoms with Crippen LogP contribution in [0.4, 0.5) is 20.2 Å². The third kappa shape index (κ3) is 6.46. The molecule has 1 saturated carbocycles. The van der Waals surface area contributed by atoms with Crippen molar-refractivity contribution in [3.05, 3.63) is 64.9 Å². The van der Waals surface area contributed by atoms with Crippen molar-refractivity contribution in [1.29, 1.82) is 0 Å². The first-order valence-electron chi connectivity index (χ1n) is 22.3. The van der Waals surface area contributed by atoms with Gasteiger partial charge in [-0.05, 0) is 86.9 Å². The number of nitrogens with zero attached hydrogens (tertiary/aromatic N) is 3. The fourth-order valence-electron chi connectivity index (χ4n) is 13.8. The van der Waals surface area contributed by atoms with E-state index in [1.165, 1.54) is 28.3 Å². The van der Waals surface area contributed by atoms with Gasteiger partial charge in [0.25, 0.3) is 0 Å². The van der Waals surface area contributed by atoms with Gasteiger partial charge < -0.3 is 38.8 Å². The summed E-state index contributed by atoms with van der Waals surface area (Å²) in [5.41, 5.74) is -2.40. The van der Waals surface area contributed by atoms with Crippen LogP contribution in [0.25, 0.3) is 10.9 Å². The number of piperidine rings is 1. The molecule has 1 aliphatic carbocycles. The first kappa shape index (κ1) is 45.4. The summed E-state index contributed by atoms with van der Waals surface area (Å²) in [5, 5.41) is 14.0. The Kier molecular flexibility index (Phi) is 10.7. The van der Waals surface area contributed by atoms with Gasteiger partial charge in [-0.3, -0.25) is 19.2 Å². The lowest BCUT2D eigenvalue weighted by molar-refractivity contribution is -0.228. The second kappa shape index (κ2) is 15.4. The molecule has 2 unspecified atom stereocenters. The molecule has 6 aliphatic rings. The SMILES string of the molecule is CC[C@]12C=CCN3CC[C@@]4(c5cc([C@@]6(C(=O)OC)C[C@H]7CC(C(C)(F)F)CN(CCc8c6[nH]c6ccc(NS(C)(=O)=O)cc86)C7)c(OC)cc5N(C)[C@H]4[C@@](O)(C(=O)OC)[C@@H]1OC(C)=O)[C@@H]32. The lowest BCUT2D eigenvalue weighted by atomic mass is 9.47. The number of anilines is 2. The summed E-state index contributed by atoms with van der Waals surface area (Å²) in [5.74, 6) is -6.44. The molecule has 10 atom stereocenters. The summed E-state index contributed by atoms with van der Waals surface area (Å²) in [6.45, 7) is 6.26. The van der Waals surface area contributed by atoms with E-state index >= 15 is 13.6 Å². The van der Waals surface area contributed by atoms with Crippen LogP contribution in [-0.4, -0.2) is 143 Å². The minimum atomic E-state index is -3.67. The summed E-state index contributed by atoms with van der Waals surface area (Å²) in [4.78, 5) is 52.7. The van der Waals surface area contributed by atoms with Crippen molar-refractivity contribution < 1.29 is 55.6 Å². The number of carbonyl (C=O) groups excluding carboxylic acids is 3. The van der Waals surface area contributed by atoms with Gasteiger partial charge in [0, 0.05) is 103 Å². The molecule has 3 N–H and O–H groups in total. The highest BCUT2D eigenvalue weighted by Gasteiger charge is 2.80. The van der Waals surface area contributed by atoms with Crippen LogP contribution in [0.1, 0.15) is 68.8 Å². The smallest absolute Gasteiger partial charge is 0.344 e. The summed E-state index contributed by atoms with van der Waals surface area (Å²) >= 11 is 0. The fraction of sp³-hybridized carbons (Fsp3) is 0.596. The van der Waals surface area contributed by atoms with E-state index in [0.717, 1.165) is 18.7 Å². The molecule has 9 rings (SSSR count). The van der Waals surface area contributed by atoms with Crippen molar-refractivity contribution in [3.8, 4) is 5.75 Å². The monoisotopic (exact) mass is 923 g/mol. The molecule has 0 radical (unpaired) electrons. The van der Waals surface area contributed by atoms with Gasteiger partial charge in [-0.25, -0.2) is 22.0 Å². The van der Waals surface area contributed by atoms with E-state index in [1.54, 1.807) is 25.2 Å². The van der Waals surface area contributed by atoms with Gasteiger partial charge in [0.15, 0.2) is 6.10 Å². The van der Waals surface area contributed by atoms with Crippen molar-refractivity contribution in [2.45, 2.75) is 93.4 Å². The average Bonchev–Trinajstić information content (AvgIpc) is 3.91. The van der Waals surface area contributed by atoms with Crippen LogP contribution in [0, 0.1) is 17.3 Å². The predicted octanol–water partition coefficient (Wildman–Crippen LogP) is 4.49. The van der Waals surface area contributed by atoms with Crippen molar-refractivity contribution in [3.63, 3.8) is 0 Å². The van der Waals surface area contributed by atoms with E-state index in [2.05, 4.69) is 14.6 Å². The first-order valence-corrected chi connectivity index (χ1v) is 24.2. The zero-order valence-electron chi connectivity index (χ0n) is 38.1. The number of alkyl halides is 2. The van der Waals surface area contributed by atoms with Crippen LogP contribution in [-0.2, 0) is 55.9 Å². The highest BCUT2D eigenvalue weighted by atomic mass is 32.2. The van der Waals surface area contributed by atoms with Crippen molar-refractivity contribution >= 4 is 50.2 Å². The molecule has 2 aromatic carbocycles. The topological polar surface area (TPSA) is 180 Å². The highest BCUT2D eigenvalue weighted by Crippen LogP contribution is 2.68. The number of fused-ring (bicyclic) bond motifs is 6. The number of aromatic nitrogens is 1. The Morgan fingerprint density at radius 2 is 1.77 bits per heavy atom. The van der Waals surface area contributed by atoms with Gasteiger partial charge in [-0.1, -0.05) is 19.1 Å². The normalized spacial score (nSPS) is 34.0. The number of nitrogens with one attached hydrogen (secondary N) is 2. The maximum absolute atomic E-state index is 15.5. The Morgan fingerprint density at radius 3 is 2.42 bits per heavy atom. The van der Waals surface area contributed by atoms with E-state index in [1.807, 2.05) is 41.0 Å². The number of rotatable bonds is 9. The quantitative estimate of drug-likeness (QED) is 0.156. The number of hydrogen-bond acceptors (Lipinski definition) is 13. The number of hydrogen-bond donors (Lipinski definition) is 3. The molecule has 5 aliphatic heterocycles. The summed E-state index contributed by atoms with van der Waals surface area (Å²) in [6, 6.07) is 7.40. The number of esters is 3. The molecule has 2 bridgehead atoms. The van der Waals surface area contributed by atoms with E-state index in [4.69, 9.17) is 18.9 Å². The van der Waals surface area contributed by atoms with Crippen molar-refractivity contribution in [2.24, 2.45) is 17.3 Å². The zero-order valence-corrected chi connectivity index (χ0v) is 38.9. The van der Waals surface area contributed by atoms with Crippen LogP contribution >= 0.6 is 0 Å². The van der Waals surface area contributed by atoms with Gasteiger partial charge in [-0.15, -0.1) is 0 Å². The molecule has 352 valence electrons. The highest BCUT2D eigenvalue weighted by molar-refractivity contribution is 7.92. The van der Waals surface area contributed by atoms with Crippen molar-refractivity contribution in [2.75, 3.05) is 77.0 Å². The van der Waals surface area contributed by atoms with Crippen LogP contribution in [0.2, 0.25) is 0 Å². The Bertz CT molecular complexity index is 2620. The zero-order chi connectivity index (χ0) is 46.8. The van der Waals surface area contributed by atoms with Gasteiger partial charge in [0.05, 0.1) is 33.6 Å². The second-order valence-corrected chi connectivity index (χ2v) is 21.2. The maximum atomic E-state index is 15.5. The van der Waals surface area contributed by atoms with E-state index in [9.17, 15) is 23.1 Å².